The van der Waals surface area contributed by atoms with Crippen molar-refractivity contribution >= 4 is 15.0 Å². The van der Waals surface area contributed by atoms with Crippen LogP contribution in [0.1, 0.15) is 96.1 Å². The molecule has 238 valence electrons. The van der Waals surface area contributed by atoms with Crippen molar-refractivity contribution in [3.8, 4) is 0 Å². The van der Waals surface area contributed by atoms with Crippen LogP contribution in [-0.4, -0.2) is 71.0 Å². The lowest BCUT2D eigenvalue weighted by atomic mass is 9.80. The van der Waals surface area contributed by atoms with E-state index in [1.54, 1.807) is 0 Å². The van der Waals surface area contributed by atoms with Crippen LogP contribution in [0.15, 0.2) is 60.7 Å². The van der Waals surface area contributed by atoms with Crippen molar-refractivity contribution in [2.24, 2.45) is 0 Å². The Kier molecular flexibility index (Phi) is 16.9. The van der Waals surface area contributed by atoms with Gasteiger partial charge < -0.3 is 29.0 Å². The van der Waals surface area contributed by atoms with Gasteiger partial charge in [0.1, 0.15) is 0 Å². The number of hydrogen-bond donors (Lipinski definition) is 2. The van der Waals surface area contributed by atoms with Gasteiger partial charge in [0.15, 0.2) is 0 Å². The van der Waals surface area contributed by atoms with Crippen molar-refractivity contribution in [1.29, 1.82) is 0 Å². The van der Waals surface area contributed by atoms with Crippen LogP contribution in [0.5, 0.6) is 0 Å². The Morgan fingerprint density at radius 3 is 1.63 bits per heavy atom. The van der Waals surface area contributed by atoms with Gasteiger partial charge in [-0.1, -0.05) is 125 Å². The van der Waals surface area contributed by atoms with E-state index in [0.29, 0.717) is 20.9 Å². The summed E-state index contributed by atoms with van der Waals surface area (Å²) in [4.78, 5) is 2.57. The third-order valence-electron chi connectivity index (χ3n) is 8.75. The number of rotatable bonds is 13. The second-order valence-corrected chi connectivity index (χ2v) is 12.2. The van der Waals surface area contributed by atoms with E-state index in [2.05, 4.69) is 91.7 Å². The molecule has 2 aromatic carbocycles. The first-order valence-electron chi connectivity index (χ1n) is 16.7. The fraction of sp³-hybridized carbons (Fsp3) is 0.647. The number of unbranched alkanes of at least 4 members (excludes halogenated alkanes) is 9. The van der Waals surface area contributed by atoms with Crippen LogP contribution in [0.25, 0.3) is 0 Å². The highest BCUT2D eigenvalue weighted by atomic mass is 16.7. The number of hydrogen-bond acceptors (Lipinski definition) is 7. The summed E-state index contributed by atoms with van der Waals surface area (Å²) >= 11 is 0. The maximum atomic E-state index is 10.4. The van der Waals surface area contributed by atoms with Crippen molar-refractivity contribution in [1.82, 2.24) is 10.2 Å². The Labute approximate surface area is 262 Å². The van der Waals surface area contributed by atoms with Gasteiger partial charge in [0.05, 0.1) is 24.3 Å². The van der Waals surface area contributed by atoms with Crippen molar-refractivity contribution in [3.63, 3.8) is 0 Å². The van der Waals surface area contributed by atoms with Gasteiger partial charge in [-0.2, -0.15) is 0 Å². The maximum Gasteiger partial charge on any atom is 0.636 e. The van der Waals surface area contributed by atoms with Crippen LogP contribution in [0.3, 0.4) is 0 Å². The molecule has 9 heteroatoms. The van der Waals surface area contributed by atoms with E-state index in [1.807, 2.05) is 0 Å². The van der Waals surface area contributed by atoms with Crippen molar-refractivity contribution < 1.29 is 23.6 Å². The standard InChI is InChI=1S/C30H46BNO3.C4H10BNO2/c1-4-5-6-7-8-9-10-11-12-19-24-32-29(2,27-20-15-13-16-21-27)25-34-31(33)35-26-30(32,3)28-22-17-14-18-23-28;1-3-7-5-8-4-2-6-1/h13-18,20-23,33H,4-12,19,24-26H2,1-3H3;5-6H,1-4H2. The van der Waals surface area contributed by atoms with Crippen LogP contribution in [0, 0.1) is 0 Å². The summed E-state index contributed by atoms with van der Waals surface area (Å²) in [6, 6.07) is 21.2. The number of benzene rings is 2. The van der Waals surface area contributed by atoms with E-state index in [1.165, 1.54) is 68.9 Å². The first-order valence-corrected chi connectivity index (χ1v) is 16.7. The molecule has 2 aliphatic heterocycles. The molecule has 0 amide bonds. The summed E-state index contributed by atoms with van der Waals surface area (Å²) < 4.78 is 21.6. The van der Waals surface area contributed by atoms with Gasteiger partial charge in [-0.25, -0.2) is 0 Å². The van der Waals surface area contributed by atoms with Crippen LogP contribution >= 0.6 is 0 Å². The molecule has 2 heterocycles. The lowest BCUT2D eigenvalue weighted by molar-refractivity contribution is -0.0941. The first-order chi connectivity index (χ1) is 21.0. The van der Waals surface area contributed by atoms with E-state index < -0.39 is 18.4 Å². The summed E-state index contributed by atoms with van der Waals surface area (Å²) in [6.45, 7) is 11.9. The van der Waals surface area contributed by atoms with Crippen molar-refractivity contribution in [2.75, 3.05) is 46.1 Å². The molecular weight excluding hydrogens is 538 g/mol. The lowest BCUT2D eigenvalue weighted by Gasteiger charge is -2.53. The normalized spacial score (nSPS) is 23.6. The summed E-state index contributed by atoms with van der Waals surface area (Å²) in [7, 11) is -0.762. The molecule has 4 rings (SSSR count). The van der Waals surface area contributed by atoms with Crippen LogP contribution in [0.2, 0.25) is 0 Å². The Morgan fingerprint density at radius 1 is 0.721 bits per heavy atom. The molecule has 43 heavy (non-hydrogen) atoms. The molecule has 2 N–H and O–H groups in total. The summed E-state index contributed by atoms with van der Waals surface area (Å²) in [5.74, 6) is 0. The van der Waals surface area contributed by atoms with Gasteiger partial charge in [0.25, 0.3) is 0 Å². The smallest absolute Gasteiger partial charge is 0.413 e. The predicted octanol–water partition coefficient (Wildman–Crippen LogP) is 5.95. The van der Waals surface area contributed by atoms with Crippen LogP contribution in [-0.2, 0) is 29.7 Å². The average Bonchev–Trinajstić information content (AvgIpc) is 3.02. The zero-order valence-corrected chi connectivity index (χ0v) is 27.1. The summed E-state index contributed by atoms with van der Waals surface area (Å²) in [6.07, 6.45) is 13.2. The first kappa shape index (κ1) is 35.8. The van der Waals surface area contributed by atoms with Crippen LogP contribution in [0.4, 0.5) is 0 Å². The third-order valence-corrected chi connectivity index (χ3v) is 8.75. The topological polar surface area (TPSA) is 72.4 Å². The second kappa shape index (κ2) is 20.3. The number of nitrogens with one attached hydrogen (secondary N) is 1. The van der Waals surface area contributed by atoms with Crippen molar-refractivity contribution in [2.45, 2.75) is 96.1 Å². The van der Waals surface area contributed by atoms with Crippen molar-refractivity contribution in [3.05, 3.63) is 71.8 Å². The fourth-order valence-corrected chi connectivity index (χ4v) is 6.13. The van der Waals surface area contributed by atoms with Gasteiger partial charge in [-0.3, -0.25) is 4.90 Å². The Morgan fingerprint density at radius 2 is 1.16 bits per heavy atom. The van der Waals surface area contributed by atoms with E-state index in [9.17, 15) is 5.02 Å². The fourth-order valence-electron chi connectivity index (χ4n) is 6.13. The molecule has 2 aromatic rings. The Hall–Kier alpha value is -1.71. The maximum absolute atomic E-state index is 10.4. The Balaban J connectivity index is 0.000000546. The van der Waals surface area contributed by atoms with Gasteiger partial charge in [-0.05, 0) is 31.4 Å². The van der Waals surface area contributed by atoms with E-state index >= 15 is 0 Å². The lowest BCUT2D eigenvalue weighted by Crippen LogP contribution is -2.61. The Bertz CT molecular complexity index is 894. The molecule has 0 aliphatic carbocycles. The molecule has 0 radical (unpaired) electrons. The zero-order chi connectivity index (χ0) is 30.6. The second-order valence-electron chi connectivity index (χ2n) is 12.2. The SMILES string of the molecule is B1OCCNCCO1.CCCCCCCCCCCCN1C(C)(c2ccccc2)COB(O)OCC1(C)c1ccccc1. The molecule has 0 saturated carbocycles. The number of nitrogens with zero attached hydrogens (tertiary/aromatic N) is 1. The van der Waals surface area contributed by atoms with Gasteiger partial charge in [-0.15, -0.1) is 0 Å². The van der Waals surface area contributed by atoms with E-state index in [4.69, 9.17) is 18.6 Å². The predicted molar refractivity (Wildman–Crippen MR) is 178 cm³/mol. The van der Waals surface area contributed by atoms with Gasteiger partial charge in [0.2, 0.25) is 0 Å². The zero-order valence-electron chi connectivity index (χ0n) is 27.1. The molecular formula is C34H56B2N2O5. The third kappa shape index (κ3) is 12.0. The van der Waals surface area contributed by atoms with Gasteiger partial charge in [0, 0.05) is 32.8 Å². The summed E-state index contributed by atoms with van der Waals surface area (Å²) in [5.41, 5.74) is 1.58. The highest BCUT2D eigenvalue weighted by Crippen LogP contribution is 2.42. The molecule has 7 nitrogen and oxygen atoms in total. The molecule has 0 bridgehead atoms. The molecule has 0 spiro atoms. The molecule has 2 saturated heterocycles. The minimum Gasteiger partial charge on any atom is -0.413 e. The minimum atomic E-state index is -1.22. The van der Waals surface area contributed by atoms with Crippen LogP contribution < -0.4 is 5.32 Å². The molecule has 2 atom stereocenters. The molecule has 2 aliphatic rings. The molecule has 0 aromatic heterocycles. The highest BCUT2D eigenvalue weighted by molar-refractivity contribution is 6.34. The monoisotopic (exact) mass is 594 g/mol. The van der Waals surface area contributed by atoms with E-state index in [0.717, 1.165) is 39.3 Å². The molecule has 2 fully saturated rings. The quantitative estimate of drug-likeness (QED) is 0.219. The summed E-state index contributed by atoms with van der Waals surface area (Å²) in [5, 5.41) is 13.5. The average molecular weight is 594 g/mol. The highest BCUT2D eigenvalue weighted by Gasteiger charge is 2.48. The van der Waals surface area contributed by atoms with E-state index in [-0.39, 0.29) is 0 Å². The van der Waals surface area contributed by atoms with Gasteiger partial charge >= 0.3 is 15.0 Å². The minimum absolute atomic E-state index is 0.359. The largest absolute Gasteiger partial charge is 0.636 e. The molecule has 2 unspecified atom stereocenters.